The first kappa shape index (κ1) is 61.8. The van der Waals surface area contributed by atoms with Crippen molar-refractivity contribution in [2.75, 3.05) is 6.61 Å². The van der Waals surface area contributed by atoms with E-state index in [9.17, 15) is 19.8 Å². The molecule has 6 nitrogen and oxygen atoms in total. The molecule has 0 aromatic rings. The average Bonchev–Trinajstić information content (AvgIpc) is 3.29. The van der Waals surface area contributed by atoms with E-state index in [0.29, 0.717) is 19.3 Å². The highest BCUT2D eigenvalue weighted by Crippen LogP contribution is 2.18. The maximum absolute atomic E-state index is 13.2. The van der Waals surface area contributed by atoms with Crippen LogP contribution in [0.25, 0.3) is 0 Å². The maximum Gasteiger partial charge on any atom is 0.306 e. The second-order valence-electron chi connectivity index (χ2n) is 19.0. The molecular formula is C58H107NO5. The van der Waals surface area contributed by atoms with Crippen molar-refractivity contribution in [1.29, 1.82) is 0 Å². The van der Waals surface area contributed by atoms with Crippen LogP contribution in [0.3, 0.4) is 0 Å². The van der Waals surface area contributed by atoms with Crippen LogP contribution in [0.2, 0.25) is 0 Å². The fourth-order valence-electron chi connectivity index (χ4n) is 8.37. The van der Waals surface area contributed by atoms with Crippen LogP contribution in [-0.2, 0) is 14.3 Å². The van der Waals surface area contributed by atoms with Crippen LogP contribution in [0.1, 0.15) is 284 Å². The average molecular weight is 898 g/mol. The summed E-state index contributed by atoms with van der Waals surface area (Å²) in [6.45, 7) is 6.45. The summed E-state index contributed by atoms with van der Waals surface area (Å²) in [7, 11) is 0. The number of carbonyl (C=O) groups is 2. The normalized spacial score (nSPS) is 13.5. The monoisotopic (exact) mass is 898 g/mol. The third-order valence-corrected chi connectivity index (χ3v) is 12.6. The lowest BCUT2D eigenvalue weighted by Gasteiger charge is -2.24. The van der Waals surface area contributed by atoms with Gasteiger partial charge in [-0.1, -0.05) is 230 Å². The van der Waals surface area contributed by atoms with Crippen LogP contribution >= 0.6 is 0 Å². The number of unbranched alkanes of at least 4 members (excludes halogenated alkanes) is 30. The van der Waals surface area contributed by atoms with Crippen molar-refractivity contribution in [3.8, 4) is 0 Å². The molecule has 0 bridgehead atoms. The SMILES string of the molecule is CCCCC/C=C\C/C=C\C/C=C\CCCCCCCCC(=O)OC(CCCCCCCCC/C=C/CCCCCCCC)CC(=O)NC(CO)C(O)CCCCCCCCCCC. The van der Waals surface area contributed by atoms with E-state index in [4.69, 9.17) is 4.74 Å². The fraction of sp³-hybridized carbons (Fsp3) is 0.828. The molecule has 0 radical (unpaired) electrons. The van der Waals surface area contributed by atoms with Crippen molar-refractivity contribution < 1.29 is 24.5 Å². The van der Waals surface area contributed by atoms with E-state index >= 15 is 0 Å². The number of esters is 1. The number of hydrogen-bond donors (Lipinski definition) is 3. The Balaban J connectivity index is 4.56. The van der Waals surface area contributed by atoms with Gasteiger partial charge in [0.15, 0.2) is 0 Å². The molecule has 0 aromatic carbocycles. The molecule has 3 N–H and O–H groups in total. The van der Waals surface area contributed by atoms with Gasteiger partial charge in [-0.15, -0.1) is 0 Å². The number of allylic oxidation sites excluding steroid dienone is 8. The van der Waals surface area contributed by atoms with Gasteiger partial charge in [-0.2, -0.15) is 0 Å². The molecule has 1 amide bonds. The number of rotatable bonds is 50. The van der Waals surface area contributed by atoms with Crippen molar-refractivity contribution in [1.82, 2.24) is 5.32 Å². The molecule has 6 heteroatoms. The molecule has 0 heterocycles. The maximum atomic E-state index is 13.2. The lowest BCUT2D eigenvalue weighted by Crippen LogP contribution is -2.46. The predicted molar refractivity (Wildman–Crippen MR) is 278 cm³/mol. The highest BCUT2D eigenvalue weighted by Gasteiger charge is 2.24. The first-order chi connectivity index (χ1) is 31.5. The first-order valence-corrected chi connectivity index (χ1v) is 27.9. The van der Waals surface area contributed by atoms with Gasteiger partial charge < -0.3 is 20.3 Å². The summed E-state index contributed by atoms with van der Waals surface area (Å²) in [5.74, 6) is -0.485. The van der Waals surface area contributed by atoms with Crippen LogP contribution < -0.4 is 5.32 Å². The van der Waals surface area contributed by atoms with Gasteiger partial charge in [-0.05, 0) is 89.9 Å². The largest absolute Gasteiger partial charge is 0.462 e. The number of aliphatic hydroxyl groups excluding tert-OH is 2. The number of carbonyl (C=O) groups excluding carboxylic acids is 2. The lowest BCUT2D eigenvalue weighted by molar-refractivity contribution is -0.151. The zero-order chi connectivity index (χ0) is 46.7. The third kappa shape index (κ3) is 46.4. The molecule has 0 aliphatic heterocycles. The molecule has 0 rings (SSSR count). The van der Waals surface area contributed by atoms with Gasteiger partial charge in [0, 0.05) is 6.42 Å². The van der Waals surface area contributed by atoms with E-state index in [1.54, 1.807) is 0 Å². The van der Waals surface area contributed by atoms with Crippen molar-refractivity contribution in [3.05, 3.63) is 48.6 Å². The summed E-state index contributed by atoms with van der Waals surface area (Å²) in [6, 6.07) is -0.704. The summed E-state index contributed by atoms with van der Waals surface area (Å²) in [5, 5.41) is 23.7. The highest BCUT2D eigenvalue weighted by molar-refractivity contribution is 5.77. The molecule has 0 saturated carbocycles. The molecule has 0 fully saturated rings. The smallest absolute Gasteiger partial charge is 0.306 e. The minimum absolute atomic E-state index is 0.0701. The van der Waals surface area contributed by atoms with Gasteiger partial charge >= 0.3 is 5.97 Å². The minimum atomic E-state index is -0.790. The predicted octanol–water partition coefficient (Wildman–Crippen LogP) is 17.0. The van der Waals surface area contributed by atoms with Gasteiger partial charge in [0.25, 0.3) is 0 Å². The molecule has 0 aromatic heterocycles. The Morgan fingerprint density at radius 3 is 1.25 bits per heavy atom. The molecule has 0 aliphatic rings. The van der Waals surface area contributed by atoms with Gasteiger partial charge in [-0.25, -0.2) is 0 Å². The van der Waals surface area contributed by atoms with Crippen LogP contribution in [0.15, 0.2) is 48.6 Å². The molecule has 374 valence electrons. The van der Waals surface area contributed by atoms with Crippen LogP contribution in [-0.4, -0.2) is 46.9 Å². The summed E-state index contributed by atoms with van der Waals surface area (Å²) in [4.78, 5) is 26.2. The summed E-state index contributed by atoms with van der Waals surface area (Å²) in [6.07, 6.45) is 63.2. The number of ether oxygens (including phenoxy) is 1. The Bertz CT molecular complexity index is 1100. The van der Waals surface area contributed by atoms with Crippen molar-refractivity contribution in [2.45, 2.75) is 302 Å². The van der Waals surface area contributed by atoms with Crippen molar-refractivity contribution in [2.24, 2.45) is 0 Å². The molecule has 0 spiro atoms. The third-order valence-electron chi connectivity index (χ3n) is 12.6. The molecular weight excluding hydrogens is 791 g/mol. The number of hydrogen-bond acceptors (Lipinski definition) is 5. The zero-order valence-electron chi connectivity index (χ0n) is 42.7. The van der Waals surface area contributed by atoms with E-state index in [2.05, 4.69) is 74.7 Å². The lowest BCUT2D eigenvalue weighted by atomic mass is 10.0. The Kier molecular flexibility index (Phi) is 50.0. The molecule has 3 unspecified atom stereocenters. The standard InChI is InChI=1S/C58H107NO5/c1-4-7-10-13-16-19-21-23-25-27-28-30-32-34-36-39-42-45-48-51-58(63)64-54(49-46-43-40-38-35-33-31-29-26-24-22-20-17-14-11-8-5-2)52-57(62)59-55(53-60)56(61)50-47-44-41-37-18-15-12-9-6-3/h16,19,23-26,28,30,54-56,60-61H,4-15,17-18,20-22,27,29,31-53H2,1-3H3,(H,59,62)/b19-16-,25-23-,26-24+,30-28-. The fourth-order valence-corrected chi connectivity index (χ4v) is 8.37. The van der Waals surface area contributed by atoms with E-state index in [1.807, 2.05) is 0 Å². The molecule has 64 heavy (non-hydrogen) atoms. The second-order valence-corrected chi connectivity index (χ2v) is 19.0. The minimum Gasteiger partial charge on any atom is -0.462 e. The Hall–Kier alpha value is -2.18. The van der Waals surface area contributed by atoms with Crippen LogP contribution in [0.4, 0.5) is 0 Å². The van der Waals surface area contributed by atoms with Crippen LogP contribution in [0.5, 0.6) is 0 Å². The number of nitrogens with one attached hydrogen (secondary N) is 1. The summed E-state index contributed by atoms with van der Waals surface area (Å²) >= 11 is 0. The summed E-state index contributed by atoms with van der Waals surface area (Å²) in [5.41, 5.74) is 0. The Morgan fingerprint density at radius 1 is 0.453 bits per heavy atom. The van der Waals surface area contributed by atoms with Crippen LogP contribution in [0, 0.1) is 0 Å². The number of amides is 1. The van der Waals surface area contributed by atoms with E-state index in [0.717, 1.165) is 77.0 Å². The number of aliphatic hydroxyl groups is 2. The van der Waals surface area contributed by atoms with Gasteiger partial charge in [0.1, 0.15) is 6.10 Å². The second kappa shape index (κ2) is 51.8. The topological polar surface area (TPSA) is 95.9 Å². The van der Waals surface area contributed by atoms with Crippen molar-refractivity contribution >= 4 is 11.9 Å². The molecule has 3 atom stereocenters. The quantitative estimate of drug-likeness (QED) is 0.0321. The molecule has 0 saturated heterocycles. The Labute approximate surface area is 397 Å². The first-order valence-electron chi connectivity index (χ1n) is 27.9. The summed E-state index contributed by atoms with van der Waals surface area (Å²) < 4.78 is 5.95. The van der Waals surface area contributed by atoms with E-state index < -0.39 is 18.2 Å². The highest BCUT2D eigenvalue weighted by atomic mass is 16.5. The van der Waals surface area contributed by atoms with Gasteiger partial charge in [0.05, 0.1) is 25.2 Å². The van der Waals surface area contributed by atoms with E-state index in [-0.39, 0.29) is 24.9 Å². The zero-order valence-corrected chi connectivity index (χ0v) is 42.7. The van der Waals surface area contributed by atoms with Crippen molar-refractivity contribution in [3.63, 3.8) is 0 Å². The molecule has 0 aliphatic carbocycles. The Morgan fingerprint density at radius 2 is 0.797 bits per heavy atom. The van der Waals surface area contributed by atoms with Gasteiger partial charge in [-0.3, -0.25) is 9.59 Å². The van der Waals surface area contributed by atoms with Gasteiger partial charge in [0.2, 0.25) is 5.91 Å². The van der Waals surface area contributed by atoms with E-state index in [1.165, 1.54) is 161 Å².